The molecule has 0 bridgehead atoms. The predicted octanol–water partition coefficient (Wildman–Crippen LogP) is 0.759. The fraction of sp³-hybridized carbons (Fsp3) is 0.500. The maximum atomic E-state index is 10.0. The monoisotopic (exact) mass is 153 g/mol. The van der Waals surface area contributed by atoms with Crippen molar-refractivity contribution in [3.8, 4) is 0 Å². The number of rotatable bonds is 0. The molecule has 60 valence electrons. The summed E-state index contributed by atoms with van der Waals surface area (Å²) in [6.07, 6.45) is 8.39. The Morgan fingerprint density at radius 1 is 0.909 bits per heavy atom. The van der Waals surface area contributed by atoms with Crippen LogP contribution in [0.15, 0.2) is 12.2 Å². The van der Waals surface area contributed by atoms with E-state index in [0.717, 1.165) is 0 Å². The molecule has 11 heavy (non-hydrogen) atoms. The van der Waals surface area contributed by atoms with Gasteiger partial charge in [-0.2, -0.15) is 0 Å². The standard InChI is InChI=1S/C4H3NO2.C4H8/c6-3-1-2-4(7)5-3;1-2-4-3-1/h1-2H,(H,5,6,7);1-4H2. The Morgan fingerprint density at radius 3 is 1.36 bits per heavy atom. The zero-order valence-electron chi connectivity index (χ0n) is 6.30. The summed E-state index contributed by atoms with van der Waals surface area (Å²) in [6, 6.07) is 0. The van der Waals surface area contributed by atoms with Crippen LogP contribution in [0.5, 0.6) is 0 Å². The van der Waals surface area contributed by atoms with Crippen LogP contribution in [0.1, 0.15) is 25.7 Å². The molecule has 2 amide bonds. The number of nitrogens with one attached hydrogen (secondary N) is 1. The lowest BCUT2D eigenvalue weighted by molar-refractivity contribution is -0.123. The summed E-state index contributed by atoms with van der Waals surface area (Å²) in [5, 5.41) is 2.03. The summed E-state index contributed by atoms with van der Waals surface area (Å²) in [5.41, 5.74) is 0. The van der Waals surface area contributed by atoms with Gasteiger partial charge in [0, 0.05) is 12.2 Å². The summed E-state index contributed by atoms with van der Waals surface area (Å²) in [4.78, 5) is 20.1. The quantitative estimate of drug-likeness (QED) is 0.522. The van der Waals surface area contributed by atoms with Gasteiger partial charge in [0.2, 0.25) is 0 Å². The minimum atomic E-state index is -0.329. The first kappa shape index (κ1) is 7.98. The van der Waals surface area contributed by atoms with Crippen LogP contribution in [0.3, 0.4) is 0 Å². The molecule has 1 saturated carbocycles. The van der Waals surface area contributed by atoms with Crippen molar-refractivity contribution in [3.05, 3.63) is 12.2 Å². The molecule has 0 spiro atoms. The number of carbonyl (C=O) groups is 2. The molecular weight excluding hydrogens is 142 g/mol. The van der Waals surface area contributed by atoms with E-state index in [-0.39, 0.29) is 11.8 Å². The van der Waals surface area contributed by atoms with Crippen molar-refractivity contribution >= 4 is 11.8 Å². The number of imide groups is 1. The van der Waals surface area contributed by atoms with Gasteiger partial charge in [0.1, 0.15) is 0 Å². The highest BCUT2D eigenvalue weighted by Crippen LogP contribution is 2.15. The maximum absolute atomic E-state index is 10.0. The Hall–Kier alpha value is -1.12. The molecule has 1 fully saturated rings. The summed E-state index contributed by atoms with van der Waals surface area (Å²) >= 11 is 0. The summed E-state index contributed by atoms with van der Waals surface area (Å²) in [7, 11) is 0. The van der Waals surface area contributed by atoms with Gasteiger partial charge in [-0.15, -0.1) is 0 Å². The lowest BCUT2D eigenvalue weighted by Crippen LogP contribution is -2.19. The highest BCUT2D eigenvalue weighted by atomic mass is 16.2. The van der Waals surface area contributed by atoms with Crippen molar-refractivity contribution in [1.29, 1.82) is 0 Å². The van der Waals surface area contributed by atoms with Gasteiger partial charge in [0.25, 0.3) is 11.8 Å². The van der Waals surface area contributed by atoms with Gasteiger partial charge in [0.15, 0.2) is 0 Å². The largest absolute Gasteiger partial charge is 0.289 e. The van der Waals surface area contributed by atoms with Crippen molar-refractivity contribution in [3.63, 3.8) is 0 Å². The Labute approximate surface area is 65.5 Å². The number of amides is 2. The van der Waals surface area contributed by atoms with E-state index in [9.17, 15) is 9.59 Å². The molecule has 2 aliphatic rings. The molecule has 1 aliphatic carbocycles. The zero-order valence-corrected chi connectivity index (χ0v) is 6.30. The van der Waals surface area contributed by atoms with Crippen LogP contribution < -0.4 is 5.32 Å². The molecule has 3 heteroatoms. The van der Waals surface area contributed by atoms with Crippen LogP contribution in [0.4, 0.5) is 0 Å². The second-order valence-electron chi connectivity index (χ2n) is 2.60. The highest BCUT2D eigenvalue weighted by molar-refractivity contribution is 6.12. The van der Waals surface area contributed by atoms with Crippen LogP contribution in [0.25, 0.3) is 0 Å². The van der Waals surface area contributed by atoms with Crippen molar-refractivity contribution in [2.24, 2.45) is 0 Å². The van der Waals surface area contributed by atoms with Crippen LogP contribution in [-0.4, -0.2) is 11.8 Å². The Morgan fingerprint density at radius 2 is 1.27 bits per heavy atom. The number of hydrogen-bond acceptors (Lipinski definition) is 2. The smallest absolute Gasteiger partial charge is 0.250 e. The third kappa shape index (κ3) is 2.98. The molecule has 0 aromatic heterocycles. The molecule has 0 unspecified atom stereocenters. The van der Waals surface area contributed by atoms with E-state index in [2.05, 4.69) is 0 Å². The van der Waals surface area contributed by atoms with E-state index in [4.69, 9.17) is 0 Å². The number of carbonyl (C=O) groups excluding carboxylic acids is 2. The van der Waals surface area contributed by atoms with Crippen molar-refractivity contribution < 1.29 is 9.59 Å². The number of hydrogen-bond donors (Lipinski definition) is 1. The normalized spacial score (nSPS) is 20.0. The average Bonchev–Trinajstić information content (AvgIpc) is 2.09. The van der Waals surface area contributed by atoms with Gasteiger partial charge in [-0.1, -0.05) is 25.7 Å². The van der Waals surface area contributed by atoms with Gasteiger partial charge in [-0.25, -0.2) is 0 Å². The third-order valence-electron chi connectivity index (χ3n) is 1.63. The molecule has 1 heterocycles. The fourth-order valence-electron chi connectivity index (χ4n) is 0.606. The lowest BCUT2D eigenvalue weighted by Gasteiger charge is -2.05. The lowest BCUT2D eigenvalue weighted by atomic mass is 10.0. The van der Waals surface area contributed by atoms with Gasteiger partial charge in [-0.05, 0) is 0 Å². The third-order valence-corrected chi connectivity index (χ3v) is 1.63. The molecule has 2 rings (SSSR count). The molecule has 3 nitrogen and oxygen atoms in total. The first-order valence-corrected chi connectivity index (χ1v) is 3.82. The van der Waals surface area contributed by atoms with Gasteiger partial charge in [-0.3, -0.25) is 14.9 Å². The maximum Gasteiger partial charge on any atom is 0.250 e. The molecule has 1 aliphatic heterocycles. The fourth-order valence-corrected chi connectivity index (χ4v) is 0.606. The second kappa shape index (κ2) is 3.91. The van der Waals surface area contributed by atoms with Crippen LogP contribution in [-0.2, 0) is 9.59 Å². The molecule has 0 atom stereocenters. The molecule has 1 N–H and O–H groups in total. The van der Waals surface area contributed by atoms with E-state index in [1.165, 1.54) is 37.8 Å². The molecule has 0 aromatic rings. The van der Waals surface area contributed by atoms with E-state index >= 15 is 0 Å². The van der Waals surface area contributed by atoms with Crippen LogP contribution in [0.2, 0.25) is 0 Å². The highest BCUT2D eigenvalue weighted by Gasteiger charge is 2.06. The topological polar surface area (TPSA) is 46.2 Å². The van der Waals surface area contributed by atoms with Gasteiger partial charge >= 0.3 is 0 Å². The van der Waals surface area contributed by atoms with Crippen molar-refractivity contribution in [2.45, 2.75) is 25.7 Å². The van der Waals surface area contributed by atoms with Crippen LogP contribution >= 0.6 is 0 Å². The Kier molecular flexibility index (Phi) is 2.83. The second-order valence-corrected chi connectivity index (χ2v) is 2.60. The van der Waals surface area contributed by atoms with Crippen molar-refractivity contribution in [2.75, 3.05) is 0 Å². The molecule has 0 radical (unpaired) electrons. The zero-order chi connectivity index (χ0) is 8.10. The average molecular weight is 153 g/mol. The van der Waals surface area contributed by atoms with E-state index in [0.29, 0.717) is 0 Å². The summed E-state index contributed by atoms with van der Waals surface area (Å²) < 4.78 is 0. The first-order chi connectivity index (χ1) is 5.29. The SMILES string of the molecule is C1CCC1.O=C1C=CC(=O)N1. The minimum absolute atomic E-state index is 0.329. The predicted molar refractivity (Wildman–Crippen MR) is 40.8 cm³/mol. The Bertz CT molecular complexity index is 172. The summed E-state index contributed by atoms with van der Waals surface area (Å²) in [6.45, 7) is 0. The molecule has 0 saturated heterocycles. The van der Waals surface area contributed by atoms with E-state index in [1.54, 1.807) is 0 Å². The van der Waals surface area contributed by atoms with Crippen LogP contribution in [0, 0.1) is 0 Å². The molecular formula is C8H11NO2. The summed E-state index contributed by atoms with van der Waals surface area (Å²) in [5.74, 6) is -0.657. The molecule has 0 aromatic carbocycles. The van der Waals surface area contributed by atoms with Crippen molar-refractivity contribution in [1.82, 2.24) is 5.32 Å². The minimum Gasteiger partial charge on any atom is -0.289 e. The van der Waals surface area contributed by atoms with E-state index < -0.39 is 0 Å². The Balaban J connectivity index is 0.000000128. The van der Waals surface area contributed by atoms with E-state index in [1.807, 2.05) is 5.32 Å². The van der Waals surface area contributed by atoms with Gasteiger partial charge < -0.3 is 0 Å². The first-order valence-electron chi connectivity index (χ1n) is 3.82. The van der Waals surface area contributed by atoms with Gasteiger partial charge in [0.05, 0.1) is 0 Å².